The Labute approximate surface area is 186 Å². The van der Waals surface area contributed by atoms with Crippen molar-refractivity contribution in [3.63, 3.8) is 0 Å². The maximum atomic E-state index is 12.2. The molecule has 0 aliphatic heterocycles. The van der Waals surface area contributed by atoms with E-state index in [1.54, 1.807) is 37.5 Å². The summed E-state index contributed by atoms with van der Waals surface area (Å²) in [4.78, 5) is 24.4. The molecule has 30 heavy (non-hydrogen) atoms. The standard InChI is InChI=1S/C22H17BrN2O4S/c1-29-21-12-3-16(23)14-15(21)2-13-22(26)24-17-4-8-19(9-5-17)30-20-10-6-18(7-11-20)25(27)28/h2-14H,1H3,(H,24,26)/b13-2+. The predicted molar refractivity (Wildman–Crippen MR) is 122 cm³/mol. The van der Waals surface area contributed by atoms with Crippen LogP contribution in [0.3, 0.4) is 0 Å². The second-order valence-corrected chi connectivity index (χ2v) is 8.15. The van der Waals surface area contributed by atoms with Crippen LogP contribution >= 0.6 is 27.7 Å². The number of non-ortho nitro benzene ring substituents is 1. The molecule has 0 saturated heterocycles. The van der Waals surface area contributed by atoms with Crippen molar-refractivity contribution in [1.82, 2.24) is 0 Å². The highest BCUT2D eigenvalue weighted by Crippen LogP contribution is 2.30. The van der Waals surface area contributed by atoms with Crippen molar-refractivity contribution in [3.05, 3.63) is 93.0 Å². The number of anilines is 1. The van der Waals surface area contributed by atoms with Gasteiger partial charge in [0, 0.05) is 43.7 Å². The third-order valence-electron chi connectivity index (χ3n) is 4.01. The highest BCUT2D eigenvalue weighted by atomic mass is 79.9. The molecule has 3 aromatic rings. The second-order valence-electron chi connectivity index (χ2n) is 6.09. The summed E-state index contributed by atoms with van der Waals surface area (Å²) >= 11 is 4.89. The average molecular weight is 485 g/mol. The minimum absolute atomic E-state index is 0.0611. The molecule has 0 aliphatic carbocycles. The number of hydrogen-bond donors (Lipinski definition) is 1. The number of carbonyl (C=O) groups excluding carboxylic acids is 1. The number of amides is 1. The van der Waals surface area contributed by atoms with Gasteiger partial charge in [0.05, 0.1) is 12.0 Å². The first-order valence-electron chi connectivity index (χ1n) is 8.79. The van der Waals surface area contributed by atoms with Gasteiger partial charge in [0.2, 0.25) is 5.91 Å². The SMILES string of the molecule is COc1ccc(Br)cc1/C=C/C(=O)Nc1ccc(Sc2ccc([N+](=O)[O-])cc2)cc1. The fourth-order valence-electron chi connectivity index (χ4n) is 2.56. The van der Waals surface area contributed by atoms with E-state index < -0.39 is 4.92 Å². The molecule has 0 atom stereocenters. The van der Waals surface area contributed by atoms with E-state index in [0.717, 1.165) is 19.8 Å². The van der Waals surface area contributed by atoms with Crippen molar-refractivity contribution in [2.24, 2.45) is 0 Å². The first-order valence-corrected chi connectivity index (χ1v) is 10.4. The van der Waals surface area contributed by atoms with Gasteiger partial charge in [0.25, 0.3) is 5.69 Å². The van der Waals surface area contributed by atoms with Crippen LogP contribution < -0.4 is 10.1 Å². The van der Waals surface area contributed by atoms with Gasteiger partial charge < -0.3 is 10.1 Å². The van der Waals surface area contributed by atoms with E-state index >= 15 is 0 Å². The number of carbonyl (C=O) groups is 1. The summed E-state index contributed by atoms with van der Waals surface area (Å²) in [5.41, 5.74) is 1.52. The Morgan fingerprint density at radius 2 is 1.70 bits per heavy atom. The average Bonchev–Trinajstić information content (AvgIpc) is 2.74. The van der Waals surface area contributed by atoms with Crippen LogP contribution in [0.5, 0.6) is 5.75 Å². The number of methoxy groups -OCH3 is 1. The molecule has 0 aliphatic rings. The molecule has 8 heteroatoms. The maximum absolute atomic E-state index is 12.2. The Hall–Kier alpha value is -3.10. The van der Waals surface area contributed by atoms with Crippen LogP contribution in [-0.2, 0) is 4.79 Å². The summed E-state index contributed by atoms with van der Waals surface area (Å²) in [6.07, 6.45) is 3.14. The molecule has 0 aromatic heterocycles. The van der Waals surface area contributed by atoms with Crippen LogP contribution in [0, 0.1) is 10.1 Å². The first kappa shape index (κ1) is 21.6. The highest BCUT2D eigenvalue weighted by Gasteiger charge is 2.06. The van der Waals surface area contributed by atoms with Gasteiger partial charge in [-0.3, -0.25) is 14.9 Å². The normalized spacial score (nSPS) is 10.7. The summed E-state index contributed by atoms with van der Waals surface area (Å²) in [6.45, 7) is 0. The van der Waals surface area contributed by atoms with Crippen molar-refractivity contribution in [1.29, 1.82) is 0 Å². The molecule has 3 aromatic carbocycles. The van der Waals surface area contributed by atoms with E-state index in [1.807, 2.05) is 30.3 Å². The number of nitrogens with one attached hydrogen (secondary N) is 1. The zero-order valence-corrected chi connectivity index (χ0v) is 18.3. The molecule has 1 N–H and O–H groups in total. The summed E-state index contributed by atoms with van der Waals surface area (Å²) < 4.78 is 6.18. The minimum atomic E-state index is -0.424. The number of benzene rings is 3. The van der Waals surface area contributed by atoms with E-state index in [4.69, 9.17) is 4.74 Å². The smallest absolute Gasteiger partial charge is 0.269 e. The van der Waals surface area contributed by atoms with Gasteiger partial charge in [-0.05, 0) is 60.7 Å². The molecular formula is C22H17BrN2O4S. The fourth-order valence-corrected chi connectivity index (χ4v) is 3.76. The maximum Gasteiger partial charge on any atom is 0.269 e. The summed E-state index contributed by atoms with van der Waals surface area (Å²) in [6, 6.07) is 19.3. The monoisotopic (exact) mass is 484 g/mol. The van der Waals surface area contributed by atoms with E-state index in [1.165, 1.54) is 30.0 Å². The molecule has 6 nitrogen and oxygen atoms in total. The Morgan fingerprint density at radius 3 is 2.30 bits per heavy atom. The molecule has 3 rings (SSSR count). The lowest BCUT2D eigenvalue weighted by atomic mass is 10.2. The number of hydrogen-bond acceptors (Lipinski definition) is 5. The second kappa shape index (κ2) is 10.1. The zero-order chi connectivity index (χ0) is 21.5. The van der Waals surface area contributed by atoms with E-state index in [2.05, 4.69) is 21.2 Å². The van der Waals surface area contributed by atoms with Gasteiger partial charge >= 0.3 is 0 Å². The highest BCUT2D eigenvalue weighted by molar-refractivity contribution is 9.10. The molecular weight excluding hydrogens is 468 g/mol. The van der Waals surface area contributed by atoms with Crippen LogP contribution in [-0.4, -0.2) is 17.9 Å². The lowest BCUT2D eigenvalue weighted by molar-refractivity contribution is -0.384. The summed E-state index contributed by atoms with van der Waals surface area (Å²) in [5.74, 6) is 0.419. The minimum Gasteiger partial charge on any atom is -0.496 e. The van der Waals surface area contributed by atoms with Gasteiger partial charge in [-0.15, -0.1) is 0 Å². The van der Waals surface area contributed by atoms with Crippen LogP contribution in [0.1, 0.15) is 5.56 Å². The van der Waals surface area contributed by atoms with Crippen molar-refractivity contribution in [2.45, 2.75) is 9.79 Å². The molecule has 1 amide bonds. The predicted octanol–water partition coefficient (Wildman–Crippen LogP) is 6.17. The molecule has 0 fully saturated rings. The lowest BCUT2D eigenvalue weighted by Gasteiger charge is -2.06. The number of nitro groups is 1. The van der Waals surface area contributed by atoms with Crippen LogP contribution in [0.25, 0.3) is 6.08 Å². The van der Waals surface area contributed by atoms with Gasteiger partial charge in [-0.25, -0.2) is 0 Å². The Kier molecular flexibility index (Phi) is 7.26. The Balaban J connectivity index is 1.60. The molecule has 0 bridgehead atoms. The molecule has 152 valence electrons. The first-order chi connectivity index (χ1) is 14.4. The van der Waals surface area contributed by atoms with E-state index in [-0.39, 0.29) is 11.6 Å². The van der Waals surface area contributed by atoms with E-state index in [0.29, 0.717) is 11.4 Å². The topological polar surface area (TPSA) is 81.5 Å². The van der Waals surface area contributed by atoms with Crippen LogP contribution in [0.15, 0.2) is 87.1 Å². The molecule has 0 heterocycles. The largest absolute Gasteiger partial charge is 0.496 e. The van der Waals surface area contributed by atoms with Crippen LogP contribution in [0.4, 0.5) is 11.4 Å². The molecule has 0 saturated carbocycles. The Bertz CT molecular complexity index is 1080. The van der Waals surface area contributed by atoms with Crippen LogP contribution in [0.2, 0.25) is 0 Å². The van der Waals surface area contributed by atoms with Gasteiger partial charge in [0.15, 0.2) is 0 Å². The third kappa shape index (κ3) is 5.95. The van der Waals surface area contributed by atoms with Crippen molar-refractivity contribution >= 4 is 51.0 Å². The number of nitro benzene ring substituents is 1. The van der Waals surface area contributed by atoms with Crippen molar-refractivity contribution in [2.75, 3.05) is 12.4 Å². The number of ether oxygens (including phenoxy) is 1. The van der Waals surface area contributed by atoms with E-state index in [9.17, 15) is 14.9 Å². The van der Waals surface area contributed by atoms with Gasteiger partial charge in [0.1, 0.15) is 5.75 Å². The lowest BCUT2D eigenvalue weighted by Crippen LogP contribution is -2.07. The van der Waals surface area contributed by atoms with Crippen molar-refractivity contribution in [3.8, 4) is 5.75 Å². The van der Waals surface area contributed by atoms with Gasteiger partial charge in [-0.1, -0.05) is 27.7 Å². The molecule has 0 spiro atoms. The van der Waals surface area contributed by atoms with Crippen molar-refractivity contribution < 1.29 is 14.5 Å². The zero-order valence-electron chi connectivity index (χ0n) is 15.9. The molecule has 0 unspecified atom stereocenters. The molecule has 0 radical (unpaired) electrons. The summed E-state index contributed by atoms with van der Waals surface area (Å²) in [7, 11) is 1.58. The van der Waals surface area contributed by atoms with Gasteiger partial charge in [-0.2, -0.15) is 0 Å². The summed E-state index contributed by atoms with van der Waals surface area (Å²) in [5, 5.41) is 13.5. The third-order valence-corrected chi connectivity index (χ3v) is 5.52. The number of rotatable bonds is 7. The number of halogens is 1. The number of nitrogens with zero attached hydrogens (tertiary/aromatic N) is 1. The Morgan fingerprint density at radius 1 is 1.07 bits per heavy atom. The fraction of sp³-hybridized carbons (Fsp3) is 0.0455. The quantitative estimate of drug-likeness (QED) is 0.246.